The van der Waals surface area contributed by atoms with E-state index in [1.165, 1.54) is 0 Å². The first kappa shape index (κ1) is 19.2. The van der Waals surface area contributed by atoms with E-state index in [-0.39, 0.29) is 6.04 Å². The van der Waals surface area contributed by atoms with Gasteiger partial charge in [0, 0.05) is 30.9 Å². The van der Waals surface area contributed by atoms with Crippen molar-refractivity contribution in [1.29, 1.82) is 0 Å². The molecule has 2 N–H and O–H groups in total. The Hall–Kier alpha value is 0.180. The van der Waals surface area contributed by atoms with Gasteiger partial charge < -0.3 is 5.32 Å². The fraction of sp³-hybridized carbons (Fsp3) is 1.00. The summed E-state index contributed by atoms with van der Waals surface area (Å²) in [4.78, 5) is 0. The third-order valence-electron chi connectivity index (χ3n) is 3.93. The van der Waals surface area contributed by atoms with Crippen LogP contribution in [-0.2, 0) is 10.2 Å². The number of thioether (sulfide) groups is 1. The number of nitrogens with one attached hydrogen (secondary N) is 2. The number of nitrogens with zero attached hydrogens (tertiary/aromatic N) is 1. The Kier molecular flexibility index (Phi) is 9.20. The highest BCUT2D eigenvalue weighted by Gasteiger charge is 2.31. The first-order valence-electron chi connectivity index (χ1n) is 8.01. The van der Waals surface area contributed by atoms with Crippen LogP contribution in [0, 0.1) is 0 Å². The van der Waals surface area contributed by atoms with Gasteiger partial charge in [0.25, 0.3) is 10.2 Å². The molecule has 1 aliphatic rings. The molecular formula is C14H31N3O2S2. The van der Waals surface area contributed by atoms with Crippen molar-refractivity contribution in [3.05, 3.63) is 0 Å². The Balaban J connectivity index is 2.51. The molecule has 1 fully saturated rings. The zero-order valence-electron chi connectivity index (χ0n) is 13.6. The van der Waals surface area contributed by atoms with Crippen molar-refractivity contribution in [2.24, 2.45) is 0 Å². The van der Waals surface area contributed by atoms with Crippen molar-refractivity contribution in [1.82, 2.24) is 14.3 Å². The lowest BCUT2D eigenvalue weighted by molar-refractivity contribution is 0.243. The largest absolute Gasteiger partial charge is 0.315 e. The predicted molar refractivity (Wildman–Crippen MR) is 92.0 cm³/mol. The van der Waals surface area contributed by atoms with E-state index in [2.05, 4.69) is 30.1 Å². The Morgan fingerprint density at radius 3 is 2.76 bits per heavy atom. The van der Waals surface area contributed by atoms with Gasteiger partial charge in [-0.1, -0.05) is 20.3 Å². The number of hydrogen-bond donors (Lipinski definition) is 2. The van der Waals surface area contributed by atoms with Gasteiger partial charge in [-0.05, 0) is 38.5 Å². The molecule has 0 bridgehead atoms. The van der Waals surface area contributed by atoms with E-state index in [1.54, 1.807) is 16.1 Å². The van der Waals surface area contributed by atoms with Gasteiger partial charge >= 0.3 is 0 Å². The second-order valence-corrected chi connectivity index (χ2v) is 8.68. The van der Waals surface area contributed by atoms with E-state index in [9.17, 15) is 8.42 Å². The van der Waals surface area contributed by atoms with Crippen LogP contribution < -0.4 is 10.0 Å². The fourth-order valence-electron chi connectivity index (χ4n) is 2.53. The Labute approximate surface area is 134 Å². The number of rotatable bonds is 10. The average molecular weight is 338 g/mol. The molecule has 2 atom stereocenters. The topological polar surface area (TPSA) is 61.4 Å². The van der Waals surface area contributed by atoms with Crippen LogP contribution in [0.2, 0.25) is 0 Å². The molecule has 21 heavy (non-hydrogen) atoms. The van der Waals surface area contributed by atoms with Crippen LogP contribution in [0.15, 0.2) is 0 Å². The monoisotopic (exact) mass is 337 g/mol. The van der Waals surface area contributed by atoms with E-state index in [4.69, 9.17) is 0 Å². The summed E-state index contributed by atoms with van der Waals surface area (Å²) >= 11 is 1.77. The third-order valence-corrected chi connectivity index (χ3v) is 6.63. The molecule has 0 aromatic rings. The normalized spacial score (nSPS) is 22.3. The number of hydrogen-bond acceptors (Lipinski definition) is 4. The highest BCUT2D eigenvalue weighted by atomic mass is 32.2. The minimum atomic E-state index is -3.34. The first-order valence-corrected chi connectivity index (χ1v) is 10.7. The molecule has 0 aliphatic carbocycles. The standard InChI is InChI=1S/C14H31N3O2S2/c1-4-9-15-12-14-7-5-6-11-17(14)21(18,19)16-10-8-13(2)20-3/h13-16H,4-12H2,1-3H3. The van der Waals surface area contributed by atoms with Crippen LogP contribution in [0.3, 0.4) is 0 Å². The number of piperidine rings is 1. The van der Waals surface area contributed by atoms with Gasteiger partial charge in [-0.3, -0.25) is 0 Å². The van der Waals surface area contributed by atoms with Crippen LogP contribution in [0.4, 0.5) is 0 Å². The summed E-state index contributed by atoms with van der Waals surface area (Å²) in [5.41, 5.74) is 0. The summed E-state index contributed by atoms with van der Waals surface area (Å²) in [6.45, 7) is 7.12. The molecule has 1 rings (SSSR count). The SMILES string of the molecule is CCCNCC1CCCCN1S(=O)(=O)NCCC(C)SC. The van der Waals surface area contributed by atoms with Crippen LogP contribution in [0.25, 0.3) is 0 Å². The maximum atomic E-state index is 12.5. The molecule has 1 heterocycles. The molecule has 0 aromatic carbocycles. The maximum absolute atomic E-state index is 12.5. The van der Waals surface area contributed by atoms with Gasteiger partial charge in [-0.2, -0.15) is 24.5 Å². The molecular weight excluding hydrogens is 306 g/mol. The van der Waals surface area contributed by atoms with E-state index in [0.717, 1.165) is 45.2 Å². The molecule has 0 amide bonds. The smallest absolute Gasteiger partial charge is 0.279 e. The second kappa shape index (κ2) is 10.0. The average Bonchev–Trinajstić information content (AvgIpc) is 2.47. The first-order chi connectivity index (χ1) is 10.0. The third kappa shape index (κ3) is 6.86. The zero-order valence-corrected chi connectivity index (χ0v) is 15.2. The minimum Gasteiger partial charge on any atom is -0.315 e. The van der Waals surface area contributed by atoms with Crippen LogP contribution in [0.1, 0.15) is 46.0 Å². The molecule has 0 saturated carbocycles. The zero-order chi connectivity index (χ0) is 15.7. The fourth-order valence-corrected chi connectivity index (χ4v) is 4.37. The van der Waals surface area contributed by atoms with Crippen LogP contribution >= 0.6 is 11.8 Å². The van der Waals surface area contributed by atoms with Gasteiger partial charge in [0.15, 0.2) is 0 Å². The summed E-state index contributed by atoms with van der Waals surface area (Å²) in [5, 5.41) is 3.84. The Morgan fingerprint density at radius 1 is 1.33 bits per heavy atom. The lowest BCUT2D eigenvalue weighted by Gasteiger charge is -2.34. The van der Waals surface area contributed by atoms with Gasteiger partial charge in [0.2, 0.25) is 0 Å². The van der Waals surface area contributed by atoms with Gasteiger partial charge in [-0.15, -0.1) is 0 Å². The predicted octanol–water partition coefficient (Wildman–Crippen LogP) is 1.82. The van der Waals surface area contributed by atoms with E-state index in [0.29, 0.717) is 18.3 Å². The van der Waals surface area contributed by atoms with Crippen molar-refractivity contribution >= 4 is 22.0 Å². The second-order valence-electron chi connectivity index (χ2n) is 5.70. The molecule has 5 nitrogen and oxygen atoms in total. The van der Waals surface area contributed by atoms with Crippen LogP contribution in [-0.4, -0.2) is 56.4 Å². The summed E-state index contributed by atoms with van der Waals surface area (Å²) < 4.78 is 29.4. The minimum absolute atomic E-state index is 0.0979. The molecule has 0 aromatic heterocycles. The van der Waals surface area contributed by atoms with Crippen LogP contribution in [0.5, 0.6) is 0 Å². The van der Waals surface area contributed by atoms with Crippen molar-refractivity contribution in [3.8, 4) is 0 Å². The lowest BCUT2D eigenvalue weighted by atomic mass is 10.1. The van der Waals surface area contributed by atoms with Gasteiger partial charge in [0.1, 0.15) is 0 Å². The summed E-state index contributed by atoms with van der Waals surface area (Å²) in [6.07, 6.45) is 7.04. The summed E-state index contributed by atoms with van der Waals surface area (Å²) in [7, 11) is -3.34. The van der Waals surface area contributed by atoms with Crippen molar-refractivity contribution in [2.45, 2.75) is 57.2 Å². The van der Waals surface area contributed by atoms with Crippen molar-refractivity contribution in [3.63, 3.8) is 0 Å². The Bertz CT molecular complexity index is 376. The molecule has 7 heteroatoms. The highest BCUT2D eigenvalue weighted by Crippen LogP contribution is 2.19. The molecule has 0 spiro atoms. The maximum Gasteiger partial charge on any atom is 0.279 e. The molecule has 0 radical (unpaired) electrons. The highest BCUT2D eigenvalue weighted by molar-refractivity contribution is 7.99. The van der Waals surface area contributed by atoms with Gasteiger partial charge in [0.05, 0.1) is 0 Å². The quantitative estimate of drug-likeness (QED) is 0.597. The molecule has 1 aliphatic heterocycles. The summed E-state index contributed by atoms with van der Waals surface area (Å²) in [6, 6.07) is 0.0979. The van der Waals surface area contributed by atoms with E-state index in [1.807, 2.05) is 0 Å². The van der Waals surface area contributed by atoms with Crippen molar-refractivity contribution < 1.29 is 8.42 Å². The van der Waals surface area contributed by atoms with E-state index < -0.39 is 10.2 Å². The molecule has 2 unspecified atom stereocenters. The molecule has 126 valence electrons. The van der Waals surface area contributed by atoms with Gasteiger partial charge in [-0.25, -0.2) is 4.72 Å². The Morgan fingerprint density at radius 2 is 2.10 bits per heavy atom. The van der Waals surface area contributed by atoms with E-state index >= 15 is 0 Å². The molecule has 1 saturated heterocycles. The lowest BCUT2D eigenvalue weighted by Crippen LogP contribution is -2.52. The summed E-state index contributed by atoms with van der Waals surface area (Å²) in [5.74, 6) is 0. The van der Waals surface area contributed by atoms with Crippen molar-refractivity contribution in [2.75, 3.05) is 32.4 Å².